The van der Waals surface area contributed by atoms with Crippen LogP contribution in [0.1, 0.15) is 27.7 Å². The van der Waals surface area contributed by atoms with Gasteiger partial charge in [-0.05, 0) is 20.8 Å². The van der Waals surface area contributed by atoms with E-state index in [0.717, 1.165) is 0 Å². The summed E-state index contributed by atoms with van der Waals surface area (Å²) in [7, 11) is 0. The molecular formula is C13H23ClN4O3. The highest BCUT2D eigenvalue weighted by Gasteiger charge is 2.32. The first-order valence-electron chi connectivity index (χ1n) is 6.56. The number of hydrogen-bond donors (Lipinski definition) is 2. The minimum Gasteiger partial charge on any atom is -0.464 e. The van der Waals surface area contributed by atoms with Gasteiger partial charge in [-0.25, -0.2) is 4.79 Å². The van der Waals surface area contributed by atoms with Crippen molar-refractivity contribution in [1.82, 2.24) is 9.78 Å². The molecule has 120 valence electrons. The van der Waals surface area contributed by atoms with Crippen LogP contribution in [-0.2, 0) is 19.9 Å². The van der Waals surface area contributed by atoms with E-state index in [2.05, 4.69) is 10.4 Å². The second-order valence-corrected chi connectivity index (χ2v) is 5.08. The number of esters is 1. The van der Waals surface area contributed by atoms with Crippen LogP contribution in [0.2, 0.25) is 0 Å². The molecule has 1 rings (SSSR count). The van der Waals surface area contributed by atoms with Crippen LogP contribution in [0.3, 0.4) is 0 Å². The Balaban J connectivity index is 0.00000400. The molecule has 0 spiro atoms. The van der Waals surface area contributed by atoms with Crippen LogP contribution in [0.15, 0.2) is 12.4 Å². The zero-order chi connectivity index (χ0) is 15.3. The molecule has 0 aliphatic rings. The molecule has 1 atom stereocenters. The fourth-order valence-electron chi connectivity index (χ4n) is 1.47. The molecule has 7 nitrogen and oxygen atoms in total. The van der Waals surface area contributed by atoms with Gasteiger partial charge in [0.15, 0.2) is 5.54 Å². The minimum atomic E-state index is -0.932. The standard InChI is InChI=1S/C13H22N4O3.ClH/c1-5-20-12(19)13(3,4)17-8-10(7-15-17)16-11(18)9(2)6-14;/h7-9H,5-6,14H2,1-4H3,(H,16,18);1H. The predicted molar refractivity (Wildman–Crippen MR) is 82.3 cm³/mol. The van der Waals surface area contributed by atoms with E-state index in [0.29, 0.717) is 12.3 Å². The summed E-state index contributed by atoms with van der Waals surface area (Å²) in [6.45, 7) is 7.47. The van der Waals surface area contributed by atoms with Crippen molar-refractivity contribution in [1.29, 1.82) is 0 Å². The molecule has 1 aromatic heterocycles. The Labute approximate surface area is 130 Å². The molecule has 0 radical (unpaired) electrons. The summed E-state index contributed by atoms with van der Waals surface area (Å²) in [5.41, 5.74) is 5.02. The largest absolute Gasteiger partial charge is 0.464 e. The number of carbonyl (C=O) groups excluding carboxylic acids is 2. The maximum Gasteiger partial charge on any atom is 0.333 e. The van der Waals surface area contributed by atoms with Gasteiger partial charge in [-0.2, -0.15) is 5.10 Å². The molecule has 0 aromatic carbocycles. The molecule has 21 heavy (non-hydrogen) atoms. The summed E-state index contributed by atoms with van der Waals surface area (Å²) in [4.78, 5) is 23.6. The molecule has 1 heterocycles. The van der Waals surface area contributed by atoms with Gasteiger partial charge in [0.25, 0.3) is 0 Å². The number of anilines is 1. The number of halogens is 1. The number of nitrogens with one attached hydrogen (secondary N) is 1. The first-order chi connectivity index (χ1) is 9.32. The van der Waals surface area contributed by atoms with E-state index in [1.807, 2.05) is 0 Å². The number of carbonyl (C=O) groups is 2. The SMILES string of the molecule is CCOC(=O)C(C)(C)n1cc(NC(=O)C(C)CN)cn1.Cl. The van der Waals surface area contributed by atoms with Crippen molar-refractivity contribution in [2.24, 2.45) is 11.7 Å². The lowest BCUT2D eigenvalue weighted by Gasteiger charge is -2.22. The van der Waals surface area contributed by atoms with Crippen molar-refractivity contribution in [2.45, 2.75) is 33.2 Å². The molecular weight excluding hydrogens is 296 g/mol. The molecule has 0 fully saturated rings. The van der Waals surface area contributed by atoms with E-state index in [-0.39, 0.29) is 36.7 Å². The fraction of sp³-hybridized carbons (Fsp3) is 0.615. The second-order valence-electron chi connectivity index (χ2n) is 5.08. The van der Waals surface area contributed by atoms with Gasteiger partial charge in [0.1, 0.15) is 0 Å². The van der Waals surface area contributed by atoms with Gasteiger partial charge in [-0.3, -0.25) is 9.48 Å². The summed E-state index contributed by atoms with van der Waals surface area (Å²) < 4.78 is 6.47. The van der Waals surface area contributed by atoms with Crippen LogP contribution in [0.25, 0.3) is 0 Å². The highest BCUT2D eigenvalue weighted by Crippen LogP contribution is 2.19. The number of aromatic nitrogens is 2. The Kier molecular flexibility index (Phi) is 7.38. The highest BCUT2D eigenvalue weighted by atomic mass is 35.5. The van der Waals surface area contributed by atoms with Crippen LogP contribution >= 0.6 is 12.4 Å². The maximum atomic E-state index is 11.9. The lowest BCUT2D eigenvalue weighted by atomic mass is 10.1. The average Bonchev–Trinajstić information content (AvgIpc) is 2.87. The number of amides is 1. The summed E-state index contributed by atoms with van der Waals surface area (Å²) in [5.74, 6) is -0.839. The third-order valence-electron chi connectivity index (χ3n) is 3.00. The third kappa shape index (κ3) is 4.71. The van der Waals surface area contributed by atoms with E-state index in [1.165, 1.54) is 10.9 Å². The summed E-state index contributed by atoms with van der Waals surface area (Å²) >= 11 is 0. The Hall–Kier alpha value is -1.60. The normalized spacial score (nSPS) is 12.2. The van der Waals surface area contributed by atoms with Crippen molar-refractivity contribution in [3.63, 3.8) is 0 Å². The summed E-state index contributed by atoms with van der Waals surface area (Å²) in [6.07, 6.45) is 3.08. The number of rotatable bonds is 6. The Morgan fingerprint density at radius 3 is 2.67 bits per heavy atom. The first kappa shape index (κ1) is 19.4. The van der Waals surface area contributed by atoms with Crippen molar-refractivity contribution in [3.8, 4) is 0 Å². The smallest absolute Gasteiger partial charge is 0.333 e. The van der Waals surface area contributed by atoms with Gasteiger partial charge in [0, 0.05) is 18.7 Å². The van der Waals surface area contributed by atoms with E-state index in [9.17, 15) is 9.59 Å². The van der Waals surface area contributed by atoms with Gasteiger partial charge in [0.05, 0.1) is 18.5 Å². The van der Waals surface area contributed by atoms with Crippen molar-refractivity contribution in [2.75, 3.05) is 18.5 Å². The maximum absolute atomic E-state index is 11.9. The second kappa shape index (κ2) is 7.99. The molecule has 1 amide bonds. The van der Waals surface area contributed by atoms with Gasteiger partial charge >= 0.3 is 5.97 Å². The van der Waals surface area contributed by atoms with Crippen LogP contribution in [0.4, 0.5) is 5.69 Å². The van der Waals surface area contributed by atoms with E-state index >= 15 is 0 Å². The van der Waals surface area contributed by atoms with Crippen LogP contribution < -0.4 is 11.1 Å². The Morgan fingerprint density at radius 2 is 2.14 bits per heavy atom. The molecule has 8 heteroatoms. The average molecular weight is 319 g/mol. The predicted octanol–water partition coefficient (Wildman–Crippen LogP) is 1.14. The monoisotopic (exact) mass is 318 g/mol. The molecule has 1 aromatic rings. The molecule has 0 saturated heterocycles. The molecule has 0 bridgehead atoms. The van der Waals surface area contributed by atoms with Gasteiger partial charge < -0.3 is 15.8 Å². The lowest BCUT2D eigenvalue weighted by molar-refractivity contribution is -0.152. The van der Waals surface area contributed by atoms with Crippen LogP contribution in [0.5, 0.6) is 0 Å². The fourth-order valence-corrected chi connectivity index (χ4v) is 1.47. The van der Waals surface area contributed by atoms with E-state index in [1.54, 1.807) is 33.9 Å². The van der Waals surface area contributed by atoms with E-state index < -0.39 is 5.54 Å². The van der Waals surface area contributed by atoms with Crippen molar-refractivity contribution < 1.29 is 14.3 Å². The van der Waals surface area contributed by atoms with E-state index in [4.69, 9.17) is 10.5 Å². The van der Waals surface area contributed by atoms with Crippen LogP contribution in [-0.4, -0.2) is 34.8 Å². The van der Waals surface area contributed by atoms with Gasteiger partial charge in [-0.15, -0.1) is 12.4 Å². The molecule has 0 aliphatic heterocycles. The zero-order valence-corrected chi connectivity index (χ0v) is 13.6. The van der Waals surface area contributed by atoms with Gasteiger partial charge in [-0.1, -0.05) is 6.92 Å². The molecule has 3 N–H and O–H groups in total. The van der Waals surface area contributed by atoms with Crippen molar-refractivity contribution >= 4 is 30.0 Å². The van der Waals surface area contributed by atoms with Crippen molar-refractivity contribution in [3.05, 3.63) is 12.4 Å². The summed E-state index contributed by atoms with van der Waals surface area (Å²) in [6, 6.07) is 0. The Morgan fingerprint density at radius 1 is 1.52 bits per heavy atom. The Bertz CT molecular complexity index is 488. The highest BCUT2D eigenvalue weighted by molar-refractivity contribution is 5.92. The topological polar surface area (TPSA) is 99.2 Å². The minimum absolute atomic E-state index is 0. The molecule has 0 aliphatic carbocycles. The quantitative estimate of drug-likeness (QED) is 0.766. The van der Waals surface area contributed by atoms with Gasteiger partial charge in [0.2, 0.25) is 5.91 Å². The number of nitrogens with zero attached hydrogens (tertiary/aromatic N) is 2. The number of nitrogens with two attached hydrogens (primary N) is 1. The molecule has 1 unspecified atom stereocenters. The number of hydrogen-bond acceptors (Lipinski definition) is 5. The van der Waals surface area contributed by atoms with Crippen LogP contribution in [0, 0.1) is 5.92 Å². The third-order valence-corrected chi connectivity index (χ3v) is 3.00. The number of ether oxygens (including phenoxy) is 1. The lowest BCUT2D eigenvalue weighted by Crippen LogP contribution is -2.37. The zero-order valence-electron chi connectivity index (χ0n) is 12.8. The molecule has 0 saturated carbocycles. The summed E-state index contributed by atoms with van der Waals surface area (Å²) in [5, 5.41) is 6.80. The first-order valence-corrected chi connectivity index (χ1v) is 6.56.